The lowest BCUT2D eigenvalue weighted by Gasteiger charge is -2.38. The van der Waals surface area contributed by atoms with Crippen molar-refractivity contribution in [2.24, 2.45) is 5.92 Å². The number of benzene rings is 2. The van der Waals surface area contributed by atoms with Crippen molar-refractivity contribution >= 4 is 21.6 Å². The third kappa shape index (κ3) is 2.07. The first-order chi connectivity index (χ1) is 10.8. The van der Waals surface area contributed by atoms with Crippen LogP contribution in [0.2, 0.25) is 0 Å². The molecule has 0 spiro atoms. The number of halogens is 1. The second-order valence-corrected chi connectivity index (χ2v) is 6.78. The molecule has 2 aromatic carbocycles. The minimum Gasteiger partial charge on any atom is -0.495 e. The summed E-state index contributed by atoms with van der Waals surface area (Å²) in [5.74, 6) is 1.94. The quantitative estimate of drug-likeness (QED) is 0.739. The van der Waals surface area contributed by atoms with Gasteiger partial charge in [0, 0.05) is 10.4 Å². The summed E-state index contributed by atoms with van der Waals surface area (Å²) in [7, 11) is 1.74. The largest absolute Gasteiger partial charge is 0.495 e. The van der Waals surface area contributed by atoms with Crippen LogP contribution in [0.3, 0.4) is 0 Å². The lowest BCUT2D eigenvalue weighted by Crippen LogP contribution is -2.29. The molecule has 0 bridgehead atoms. The van der Waals surface area contributed by atoms with Crippen LogP contribution in [-0.2, 0) is 0 Å². The summed E-state index contributed by atoms with van der Waals surface area (Å²) in [5, 5.41) is 3.75. The fourth-order valence-electron chi connectivity index (χ4n) is 3.80. The second-order valence-electron chi connectivity index (χ2n) is 5.92. The van der Waals surface area contributed by atoms with Crippen LogP contribution in [0.5, 0.6) is 5.75 Å². The molecule has 2 nitrogen and oxygen atoms in total. The molecule has 0 amide bonds. The molecule has 112 valence electrons. The van der Waals surface area contributed by atoms with Gasteiger partial charge >= 0.3 is 0 Å². The summed E-state index contributed by atoms with van der Waals surface area (Å²) in [6.07, 6.45) is 5.78. The number of fused-ring (bicyclic) bond motifs is 3. The molecule has 2 aromatic rings. The van der Waals surface area contributed by atoms with E-state index in [4.69, 9.17) is 4.74 Å². The van der Waals surface area contributed by atoms with Gasteiger partial charge in [-0.1, -0.05) is 58.4 Å². The SMILES string of the molecule is COc1cccc2c1N[C@@H](c1ccccc1Br)[C@H]1CC=C[C@H]21. The summed E-state index contributed by atoms with van der Waals surface area (Å²) in [5.41, 5.74) is 3.80. The van der Waals surface area contributed by atoms with Gasteiger partial charge in [0.1, 0.15) is 5.75 Å². The summed E-state index contributed by atoms with van der Waals surface area (Å²) in [6.45, 7) is 0. The Kier molecular flexibility index (Phi) is 3.45. The Morgan fingerprint density at radius 1 is 1.09 bits per heavy atom. The Labute approximate surface area is 139 Å². The zero-order chi connectivity index (χ0) is 15.1. The molecule has 1 aliphatic heterocycles. The second kappa shape index (κ2) is 5.47. The van der Waals surface area contributed by atoms with Crippen molar-refractivity contribution in [3.63, 3.8) is 0 Å². The molecule has 1 aliphatic carbocycles. The molecular formula is C19H18BrNO. The Bertz CT molecular complexity index is 740. The molecule has 0 saturated heterocycles. The molecule has 0 aromatic heterocycles. The fourth-order valence-corrected chi connectivity index (χ4v) is 4.33. The Morgan fingerprint density at radius 3 is 2.73 bits per heavy atom. The first kappa shape index (κ1) is 13.9. The van der Waals surface area contributed by atoms with Gasteiger partial charge in [-0.25, -0.2) is 0 Å². The monoisotopic (exact) mass is 355 g/mol. The number of para-hydroxylation sites is 1. The van der Waals surface area contributed by atoms with Gasteiger partial charge in [-0.05, 0) is 35.6 Å². The van der Waals surface area contributed by atoms with Crippen LogP contribution >= 0.6 is 15.9 Å². The Balaban J connectivity index is 1.85. The minimum atomic E-state index is 0.291. The van der Waals surface area contributed by atoms with Crippen molar-refractivity contribution in [1.29, 1.82) is 0 Å². The van der Waals surface area contributed by atoms with Gasteiger partial charge in [0.15, 0.2) is 0 Å². The molecule has 2 aliphatic rings. The average Bonchev–Trinajstić information content (AvgIpc) is 3.04. The number of methoxy groups -OCH3 is 1. The third-order valence-corrected chi connectivity index (χ3v) is 5.54. The molecule has 0 saturated carbocycles. The molecule has 1 heterocycles. The standard InChI is InChI=1S/C19H18BrNO/c1-22-17-11-5-9-14-12-7-4-8-13(12)18(21-19(14)17)15-6-2-3-10-16(15)20/h2-7,9-13,18,21H,8H2,1H3/t12-,13-,18+/m0/s1. The molecule has 0 fully saturated rings. The van der Waals surface area contributed by atoms with Crippen molar-refractivity contribution in [3.05, 3.63) is 70.2 Å². The highest BCUT2D eigenvalue weighted by Crippen LogP contribution is 2.52. The maximum atomic E-state index is 5.58. The molecular weight excluding hydrogens is 338 g/mol. The summed E-state index contributed by atoms with van der Waals surface area (Å²) in [6, 6.07) is 15.1. The molecule has 22 heavy (non-hydrogen) atoms. The van der Waals surface area contributed by atoms with Crippen LogP contribution in [0.4, 0.5) is 5.69 Å². The first-order valence-corrected chi connectivity index (χ1v) is 8.43. The van der Waals surface area contributed by atoms with Gasteiger partial charge < -0.3 is 10.1 Å². The van der Waals surface area contributed by atoms with E-state index >= 15 is 0 Å². The van der Waals surface area contributed by atoms with E-state index in [-0.39, 0.29) is 0 Å². The highest BCUT2D eigenvalue weighted by molar-refractivity contribution is 9.10. The predicted octanol–water partition coefficient (Wildman–Crippen LogP) is 5.28. The van der Waals surface area contributed by atoms with E-state index in [1.54, 1.807) is 7.11 Å². The maximum absolute atomic E-state index is 5.58. The topological polar surface area (TPSA) is 21.3 Å². The minimum absolute atomic E-state index is 0.291. The highest BCUT2D eigenvalue weighted by Gasteiger charge is 2.39. The van der Waals surface area contributed by atoms with Crippen LogP contribution < -0.4 is 10.1 Å². The number of hydrogen-bond acceptors (Lipinski definition) is 2. The van der Waals surface area contributed by atoms with Crippen LogP contribution in [-0.4, -0.2) is 7.11 Å². The average molecular weight is 356 g/mol. The number of hydrogen-bond donors (Lipinski definition) is 1. The zero-order valence-corrected chi connectivity index (χ0v) is 14.0. The van der Waals surface area contributed by atoms with Gasteiger partial charge in [-0.2, -0.15) is 0 Å². The van der Waals surface area contributed by atoms with Crippen LogP contribution in [0.25, 0.3) is 0 Å². The van der Waals surface area contributed by atoms with Crippen molar-refractivity contribution < 1.29 is 4.74 Å². The number of anilines is 1. The van der Waals surface area contributed by atoms with E-state index in [2.05, 4.69) is 69.8 Å². The fraction of sp³-hybridized carbons (Fsp3) is 0.263. The van der Waals surface area contributed by atoms with Crippen molar-refractivity contribution in [1.82, 2.24) is 0 Å². The number of nitrogens with one attached hydrogen (secondary N) is 1. The highest BCUT2D eigenvalue weighted by atomic mass is 79.9. The van der Waals surface area contributed by atoms with Gasteiger partial charge in [-0.15, -0.1) is 0 Å². The molecule has 1 N–H and O–H groups in total. The van der Waals surface area contributed by atoms with Gasteiger partial charge in [0.25, 0.3) is 0 Å². The van der Waals surface area contributed by atoms with E-state index in [0.29, 0.717) is 17.9 Å². The van der Waals surface area contributed by atoms with Gasteiger partial charge in [0.05, 0.1) is 18.8 Å². The van der Waals surface area contributed by atoms with E-state index in [1.165, 1.54) is 11.1 Å². The lowest BCUT2D eigenvalue weighted by atomic mass is 9.77. The van der Waals surface area contributed by atoms with E-state index in [9.17, 15) is 0 Å². The normalized spacial score (nSPS) is 25.3. The maximum Gasteiger partial charge on any atom is 0.142 e. The Hall–Kier alpha value is -1.74. The van der Waals surface area contributed by atoms with E-state index in [0.717, 1.165) is 22.3 Å². The molecule has 0 radical (unpaired) electrons. The number of ether oxygens (including phenoxy) is 1. The van der Waals surface area contributed by atoms with Gasteiger partial charge in [0.2, 0.25) is 0 Å². The van der Waals surface area contributed by atoms with Crippen molar-refractivity contribution in [2.45, 2.75) is 18.4 Å². The Morgan fingerprint density at radius 2 is 1.91 bits per heavy atom. The number of rotatable bonds is 2. The van der Waals surface area contributed by atoms with Crippen molar-refractivity contribution in [3.8, 4) is 5.75 Å². The van der Waals surface area contributed by atoms with Crippen LogP contribution in [0.15, 0.2) is 59.1 Å². The summed E-state index contributed by atoms with van der Waals surface area (Å²) >= 11 is 3.71. The van der Waals surface area contributed by atoms with Crippen LogP contribution in [0, 0.1) is 5.92 Å². The smallest absolute Gasteiger partial charge is 0.142 e. The lowest BCUT2D eigenvalue weighted by molar-refractivity contribution is 0.397. The predicted molar refractivity (Wildman–Crippen MR) is 93.5 cm³/mol. The summed E-state index contributed by atoms with van der Waals surface area (Å²) < 4.78 is 6.74. The zero-order valence-electron chi connectivity index (χ0n) is 12.4. The third-order valence-electron chi connectivity index (χ3n) is 4.82. The van der Waals surface area contributed by atoms with E-state index < -0.39 is 0 Å². The number of allylic oxidation sites excluding steroid dienone is 2. The first-order valence-electron chi connectivity index (χ1n) is 7.64. The molecule has 0 unspecified atom stereocenters. The molecule has 4 rings (SSSR count). The van der Waals surface area contributed by atoms with Crippen molar-refractivity contribution in [2.75, 3.05) is 12.4 Å². The van der Waals surface area contributed by atoms with E-state index in [1.807, 2.05) is 6.07 Å². The van der Waals surface area contributed by atoms with Crippen LogP contribution in [0.1, 0.15) is 29.5 Å². The summed E-state index contributed by atoms with van der Waals surface area (Å²) in [4.78, 5) is 0. The molecule has 3 atom stereocenters. The molecule has 3 heteroatoms. The van der Waals surface area contributed by atoms with Gasteiger partial charge in [-0.3, -0.25) is 0 Å².